The first-order valence-corrected chi connectivity index (χ1v) is 7.86. The maximum atomic E-state index is 4.02. The smallest absolute Gasteiger partial charge is 0.0194 e. The summed E-state index contributed by atoms with van der Waals surface area (Å²) in [7, 11) is 0. The first-order chi connectivity index (χ1) is 8.11. The zero-order valence-corrected chi connectivity index (χ0v) is 13.0. The second-order valence-corrected chi connectivity index (χ2v) is 9.82. The van der Waals surface area contributed by atoms with Gasteiger partial charge in [0.2, 0.25) is 0 Å². The van der Waals surface area contributed by atoms with E-state index in [2.05, 4.69) is 39.9 Å². The lowest BCUT2D eigenvalue weighted by Crippen LogP contribution is -2.64. The summed E-state index contributed by atoms with van der Waals surface area (Å²) in [5.74, 6) is 1.00. The Hall–Kier alpha value is -0.0400. The third-order valence-electron chi connectivity index (χ3n) is 5.62. The number of nitrogens with one attached hydrogen (secondary N) is 1. The Labute approximate surface area is 113 Å². The van der Waals surface area contributed by atoms with Crippen LogP contribution in [0.1, 0.15) is 73.1 Å². The minimum atomic E-state index is 0.408. The standard InChI is InChI=1S/C17H31N/c1-14(2,3)12-18-17-8-13-6-15(4,10-17)9-16(5,7-13)11-17/h13,18H,6-12H2,1-5H3. The van der Waals surface area contributed by atoms with E-state index in [-0.39, 0.29) is 0 Å². The molecule has 0 heterocycles. The summed E-state index contributed by atoms with van der Waals surface area (Å²) in [6.45, 7) is 13.3. The largest absolute Gasteiger partial charge is 0.311 e. The van der Waals surface area contributed by atoms with Crippen LogP contribution in [0.3, 0.4) is 0 Å². The molecule has 18 heavy (non-hydrogen) atoms. The van der Waals surface area contributed by atoms with Gasteiger partial charge in [-0.3, -0.25) is 0 Å². The van der Waals surface area contributed by atoms with Crippen LogP contribution in [0.4, 0.5) is 0 Å². The molecule has 0 aliphatic heterocycles. The van der Waals surface area contributed by atoms with Gasteiger partial charge >= 0.3 is 0 Å². The summed E-state index contributed by atoms with van der Waals surface area (Å²) in [5.41, 5.74) is 2.17. The van der Waals surface area contributed by atoms with Gasteiger partial charge in [0.1, 0.15) is 0 Å². The highest BCUT2D eigenvalue weighted by Crippen LogP contribution is 2.66. The predicted octanol–water partition coefficient (Wildman–Crippen LogP) is 4.37. The molecule has 0 aromatic heterocycles. The van der Waals surface area contributed by atoms with Crippen LogP contribution in [-0.2, 0) is 0 Å². The lowest BCUT2D eigenvalue weighted by Gasteiger charge is -2.66. The molecule has 4 saturated carbocycles. The zero-order chi connectivity index (χ0) is 13.2. The van der Waals surface area contributed by atoms with Crippen molar-refractivity contribution in [2.45, 2.75) is 78.7 Å². The molecular formula is C17H31N. The molecule has 0 aromatic rings. The number of hydrogen-bond donors (Lipinski definition) is 1. The van der Waals surface area contributed by atoms with Crippen LogP contribution in [0.2, 0.25) is 0 Å². The Bertz CT molecular complexity index is 333. The zero-order valence-electron chi connectivity index (χ0n) is 13.0. The molecule has 1 nitrogen and oxygen atoms in total. The lowest BCUT2D eigenvalue weighted by molar-refractivity contribution is -0.119. The molecule has 2 unspecified atom stereocenters. The Kier molecular flexibility index (Phi) is 2.55. The predicted molar refractivity (Wildman–Crippen MR) is 77.6 cm³/mol. The fourth-order valence-electron chi connectivity index (χ4n) is 6.10. The number of rotatable bonds is 2. The van der Waals surface area contributed by atoms with Gasteiger partial charge in [0.05, 0.1) is 0 Å². The van der Waals surface area contributed by atoms with Crippen molar-refractivity contribution in [1.82, 2.24) is 5.32 Å². The maximum Gasteiger partial charge on any atom is 0.0194 e. The molecule has 1 heteroatoms. The topological polar surface area (TPSA) is 12.0 Å². The van der Waals surface area contributed by atoms with Gasteiger partial charge in [-0.15, -0.1) is 0 Å². The summed E-state index contributed by atoms with van der Waals surface area (Å²) in [5, 5.41) is 4.02. The van der Waals surface area contributed by atoms with Crippen molar-refractivity contribution in [3.63, 3.8) is 0 Å². The first-order valence-electron chi connectivity index (χ1n) is 7.86. The highest BCUT2D eigenvalue weighted by molar-refractivity contribution is 5.14. The molecule has 1 N–H and O–H groups in total. The van der Waals surface area contributed by atoms with Crippen molar-refractivity contribution < 1.29 is 0 Å². The van der Waals surface area contributed by atoms with Crippen molar-refractivity contribution in [1.29, 1.82) is 0 Å². The van der Waals surface area contributed by atoms with Gasteiger partial charge in [0, 0.05) is 12.1 Å². The Morgan fingerprint density at radius 1 is 0.944 bits per heavy atom. The minimum absolute atomic E-state index is 0.408. The first kappa shape index (κ1) is 13.0. The van der Waals surface area contributed by atoms with Gasteiger partial charge in [0.15, 0.2) is 0 Å². The number of hydrogen-bond acceptors (Lipinski definition) is 1. The van der Waals surface area contributed by atoms with Gasteiger partial charge in [-0.1, -0.05) is 34.6 Å². The molecule has 0 amide bonds. The van der Waals surface area contributed by atoms with E-state index in [0.717, 1.165) is 5.92 Å². The van der Waals surface area contributed by atoms with E-state index in [0.29, 0.717) is 21.8 Å². The van der Waals surface area contributed by atoms with Crippen LogP contribution < -0.4 is 5.32 Å². The fraction of sp³-hybridized carbons (Fsp3) is 1.00. The van der Waals surface area contributed by atoms with Crippen LogP contribution in [0.5, 0.6) is 0 Å². The van der Waals surface area contributed by atoms with Crippen molar-refractivity contribution in [3.05, 3.63) is 0 Å². The summed E-state index contributed by atoms with van der Waals surface area (Å²) >= 11 is 0. The lowest BCUT2D eigenvalue weighted by atomic mass is 9.42. The highest BCUT2D eigenvalue weighted by Gasteiger charge is 2.59. The normalized spacial score (nSPS) is 50.8. The van der Waals surface area contributed by atoms with Crippen molar-refractivity contribution in [2.24, 2.45) is 22.2 Å². The molecule has 0 spiro atoms. The van der Waals surface area contributed by atoms with Gasteiger partial charge in [-0.2, -0.15) is 0 Å². The third-order valence-corrected chi connectivity index (χ3v) is 5.62. The van der Waals surface area contributed by atoms with E-state index in [1.165, 1.54) is 45.1 Å². The second-order valence-electron chi connectivity index (χ2n) is 9.82. The molecule has 4 aliphatic carbocycles. The molecule has 4 aliphatic rings. The second kappa shape index (κ2) is 3.53. The van der Waals surface area contributed by atoms with Crippen molar-refractivity contribution >= 4 is 0 Å². The van der Waals surface area contributed by atoms with E-state index in [9.17, 15) is 0 Å². The summed E-state index contributed by atoms with van der Waals surface area (Å²) in [6, 6.07) is 0. The molecule has 104 valence electrons. The van der Waals surface area contributed by atoms with Crippen LogP contribution in [0.15, 0.2) is 0 Å². The Morgan fingerprint density at radius 2 is 1.50 bits per heavy atom. The fourth-order valence-corrected chi connectivity index (χ4v) is 6.10. The van der Waals surface area contributed by atoms with E-state index >= 15 is 0 Å². The monoisotopic (exact) mass is 249 g/mol. The van der Waals surface area contributed by atoms with E-state index in [1.807, 2.05) is 0 Å². The van der Waals surface area contributed by atoms with Gasteiger partial charge in [-0.05, 0) is 60.7 Å². The van der Waals surface area contributed by atoms with Crippen LogP contribution in [0, 0.1) is 22.2 Å². The molecular weight excluding hydrogens is 218 g/mol. The van der Waals surface area contributed by atoms with Crippen LogP contribution in [0.25, 0.3) is 0 Å². The maximum absolute atomic E-state index is 4.02. The van der Waals surface area contributed by atoms with Gasteiger partial charge < -0.3 is 5.32 Å². The van der Waals surface area contributed by atoms with E-state index in [4.69, 9.17) is 0 Å². The summed E-state index contributed by atoms with van der Waals surface area (Å²) in [4.78, 5) is 0. The summed E-state index contributed by atoms with van der Waals surface area (Å²) in [6.07, 6.45) is 8.80. The third kappa shape index (κ3) is 2.24. The van der Waals surface area contributed by atoms with Crippen LogP contribution in [-0.4, -0.2) is 12.1 Å². The van der Waals surface area contributed by atoms with Gasteiger partial charge in [-0.25, -0.2) is 0 Å². The molecule has 4 rings (SSSR count). The van der Waals surface area contributed by atoms with E-state index in [1.54, 1.807) is 0 Å². The highest BCUT2D eigenvalue weighted by atomic mass is 15.0. The SMILES string of the molecule is CC(C)(C)CNC12CC3CC(C)(CC(C)(C3)C1)C2. The average molecular weight is 249 g/mol. The summed E-state index contributed by atoms with van der Waals surface area (Å²) < 4.78 is 0. The minimum Gasteiger partial charge on any atom is -0.311 e. The molecule has 0 aromatic carbocycles. The quantitative estimate of drug-likeness (QED) is 0.766. The van der Waals surface area contributed by atoms with Crippen molar-refractivity contribution in [2.75, 3.05) is 6.54 Å². The molecule has 0 radical (unpaired) electrons. The molecule has 4 bridgehead atoms. The molecule has 0 saturated heterocycles. The van der Waals surface area contributed by atoms with Gasteiger partial charge in [0.25, 0.3) is 0 Å². The van der Waals surface area contributed by atoms with Crippen LogP contribution >= 0.6 is 0 Å². The Morgan fingerprint density at radius 3 is 1.94 bits per heavy atom. The molecule has 2 atom stereocenters. The van der Waals surface area contributed by atoms with E-state index < -0.39 is 0 Å². The Balaban J connectivity index is 1.81. The average Bonchev–Trinajstić information content (AvgIpc) is 2.07. The van der Waals surface area contributed by atoms with Crippen molar-refractivity contribution in [3.8, 4) is 0 Å². The molecule has 4 fully saturated rings.